The lowest BCUT2D eigenvalue weighted by molar-refractivity contribution is -0.164. The summed E-state index contributed by atoms with van der Waals surface area (Å²) in [4.78, 5) is 19.1. The summed E-state index contributed by atoms with van der Waals surface area (Å²) in [5, 5.41) is 6.37. The van der Waals surface area contributed by atoms with Gasteiger partial charge in [0.1, 0.15) is 28.9 Å². The second-order valence-corrected chi connectivity index (χ2v) is 10.8. The van der Waals surface area contributed by atoms with E-state index in [1.165, 1.54) is 6.07 Å². The van der Waals surface area contributed by atoms with Crippen LogP contribution in [0.2, 0.25) is 0 Å². The molecule has 3 unspecified atom stereocenters. The highest BCUT2D eigenvalue weighted by molar-refractivity contribution is 5.83. The minimum Gasteiger partial charge on any atom is -0.316 e. The fourth-order valence-corrected chi connectivity index (χ4v) is 6.24. The molecule has 4 aromatic rings. The summed E-state index contributed by atoms with van der Waals surface area (Å²) in [5.41, 5.74) is 0.568. The zero-order chi connectivity index (χ0) is 27.6. The van der Waals surface area contributed by atoms with Crippen LogP contribution < -0.4 is 10.6 Å². The normalized spacial score (nSPS) is 22.7. The van der Waals surface area contributed by atoms with E-state index in [9.17, 15) is 22.0 Å². The van der Waals surface area contributed by atoms with Gasteiger partial charge in [-0.25, -0.2) is 28.7 Å². The molecule has 40 heavy (non-hydrogen) atoms. The van der Waals surface area contributed by atoms with Crippen LogP contribution in [0.1, 0.15) is 23.9 Å². The lowest BCUT2D eigenvalue weighted by Gasteiger charge is -2.18. The highest BCUT2D eigenvalue weighted by Crippen LogP contribution is 2.42. The predicted octanol–water partition coefficient (Wildman–Crippen LogP) is 4.61. The number of hydrogen-bond acceptors (Lipinski definition) is 7. The van der Waals surface area contributed by atoms with Crippen molar-refractivity contribution in [2.24, 2.45) is 11.8 Å². The lowest BCUT2D eigenvalue weighted by atomic mass is 10.0. The largest absolute Gasteiger partial charge is 0.409 e. The van der Waals surface area contributed by atoms with Crippen molar-refractivity contribution >= 4 is 22.8 Å². The Morgan fingerprint density at radius 1 is 0.975 bits per heavy atom. The van der Waals surface area contributed by atoms with Gasteiger partial charge in [-0.1, -0.05) is 6.07 Å². The van der Waals surface area contributed by atoms with Gasteiger partial charge in [-0.2, -0.15) is 13.2 Å². The number of likely N-dealkylation sites (tertiary alicyclic amines) is 1. The van der Waals surface area contributed by atoms with Crippen LogP contribution in [0.15, 0.2) is 36.7 Å². The molecule has 7 rings (SSSR count). The quantitative estimate of drug-likeness (QED) is 0.348. The zero-order valence-electron chi connectivity index (χ0n) is 21.2. The van der Waals surface area contributed by atoms with Gasteiger partial charge in [-0.15, -0.1) is 0 Å². The molecule has 2 fully saturated rings. The highest BCUT2D eigenvalue weighted by Gasteiger charge is 2.45. The molecule has 2 saturated heterocycles. The van der Waals surface area contributed by atoms with Gasteiger partial charge in [-0.05, 0) is 55.1 Å². The van der Waals surface area contributed by atoms with E-state index in [1.54, 1.807) is 12.3 Å². The Bertz CT molecular complexity index is 1570. The molecule has 6 heterocycles. The second kappa shape index (κ2) is 9.44. The molecule has 0 aliphatic carbocycles. The van der Waals surface area contributed by atoms with E-state index < -0.39 is 23.9 Å². The zero-order valence-corrected chi connectivity index (χ0v) is 21.2. The molecular formula is C27H25F5N8. The van der Waals surface area contributed by atoms with E-state index in [0.717, 1.165) is 55.1 Å². The van der Waals surface area contributed by atoms with Crippen molar-refractivity contribution in [1.82, 2.24) is 34.7 Å². The van der Waals surface area contributed by atoms with E-state index in [4.69, 9.17) is 0 Å². The summed E-state index contributed by atoms with van der Waals surface area (Å²) in [5.74, 6) is 0.321. The standard InChI is InChI=1S/C27H25F5N8/c28-18-5-15(6-20-25(18)37-23-4-2-21(40(20)23)27(30,31)32)24-19(29)10-35-26(38-24)36-22-3-1-14(7-34-22)11-39-12-16-8-33-9-17(16)13-39/h1,3,5-7,10,16-17,21,33H,2,4,8-9,11-13H2,(H,34,35,36,38). The molecule has 0 spiro atoms. The molecule has 0 amide bonds. The monoisotopic (exact) mass is 556 g/mol. The summed E-state index contributed by atoms with van der Waals surface area (Å²) < 4.78 is 71.7. The predicted molar refractivity (Wildman–Crippen MR) is 137 cm³/mol. The molecule has 8 nitrogen and oxygen atoms in total. The summed E-state index contributed by atoms with van der Waals surface area (Å²) in [6.45, 7) is 5.08. The maximum atomic E-state index is 15.0. The van der Waals surface area contributed by atoms with Crippen molar-refractivity contribution < 1.29 is 22.0 Å². The first-order valence-corrected chi connectivity index (χ1v) is 13.2. The van der Waals surface area contributed by atoms with Gasteiger partial charge in [0.25, 0.3) is 0 Å². The van der Waals surface area contributed by atoms with Crippen molar-refractivity contribution in [3.63, 3.8) is 0 Å². The minimum atomic E-state index is -4.52. The van der Waals surface area contributed by atoms with Crippen LogP contribution in [0, 0.1) is 23.5 Å². The third-order valence-corrected chi connectivity index (χ3v) is 8.11. The number of aromatic nitrogens is 5. The SMILES string of the molecule is Fc1cnc(Nc2ccc(CN3CC4CNCC4C3)cn2)nc1-c1cc(F)c2nc3n(c2c1)C(C(F)(F)F)CC3. The van der Waals surface area contributed by atoms with Crippen LogP contribution >= 0.6 is 0 Å². The number of hydrogen-bond donors (Lipinski definition) is 2. The first-order chi connectivity index (χ1) is 19.2. The molecule has 1 aromatic carbocycles. The number of aryl methyl sites for hydroxylation is 1. The summed E-state index contributed by atoms with van der Waals surface area (Å²) >= 11 is 0. The maximum absolute atomic E-state index is 15.0. The Balaban J connectivity index is 1.13. The Kier molecular flexibility index (Phi) is 5.97. The summed E-state index contributed by atoms with van der Waals surface area (Å²) in [6, 6.07) is 4.24. The number of imidazole rings is 1. The first-order valence-electron chi connectivity index (χ1n) is 13.2. The number of rotatable bonds is 5. The van der Waals surface area contributed by atoms with Crippen molar-refractivity contribution in [1.29, 1.82) is 0 Å². The van der Waals surface area contributed by atoms with E-state index in [0.29, 0.717) is 17.7 Å². The van der Waals surface area contributed by atoms with Crippen molar-refractivity contribution in [3.05, 3.63) is 59.7 Å². The van der Waals surface area contributed by atoms with Crippen LogP contribution in [0.4, 0.5) is 33.7 Å². The molecule has 2 N–H and O–H groups in total. The Morgan fingerprint density at radius 3 is 2.50 bits per heavy atom. The first kappa shape index (κ1) is 25.3. The molecule has 3 aromatic heterocycles. The number of alkyl halides is 3. The molecule has 3 aliphatic rings. The van der Waals surface area contributed by atoms with Crippen molar-refractivity contribution in [2.45, 2.75) is 31.6 Å². The average molecular weight is 557 g/mol. The number of nitrogens with one attached hydrogen (secondary N) is 2. The molecule has 3 atom stereocenters. The number of anilines is 2. The lowest BCUT2D eigenvalue weighted by Crippen LogP contribution is -2.25. The number of pyridine rings is 1. The molecule has 208 valence electrons. The second-order valence-electron chi connectivity index (χ2n) is 10.8. The molecule has 0 saturated carbocycles. The van der Waals surface area contributed by atoms with Gasteiger partial charge >= 0.3 is 6.18 Å². The molecule has 0 bridgehead atoms. The fraction of sp³-hybridized carbons (Fsp3) is 0.407. The topological polar surface area (TPSA) is 83.8 Å². The highest BCUT2D eigenvalue weighted by atomic mass is 19.4. The molecule has 0 radical (unpaired) electrons. The Morgan fingerprint density at radius 2 is 1.77 bits per heavy atom. The van der Waals surface area contributed by atoms with E-state index in [1.807, 2.05) is 6.07 Å². The maximum Gasteiger partial charge on any atom is 0.409 e. The number of halogens is 5. The van der Waals surface area contributed by atoms with Crippen LogP contribution in [0.5, 0.6) is 0 Å². The van der Waals surface area contributed by atoms with Gasteiger partial charge in [-0.3, -0.25) is 4.90 Å². The summed E-state index contributed by atoms with van der Waals surface area (Å²) in [6.07, 6.45) is -1.92. The Labute approximate surface area is 225 Å². The fourth-order valence-electron chi connectivity index (χ4n) is 6.24. The molecule has 3 aliphatic heterocycles. The van der Waals surface area contributed by atoms with Crippen LogP contribution in [0.25, 0.3) is 22.3 Å². The third kappa shape index (κ3) is 4.46. The van der Waals surface area contributed by atoms with Crippen molar-refractivity contribution in [3.8, 4) is 11.3 Å². The van der Waals surface area contributed by atoms with Gasteiger partial charge in [0.15, 0.2) is 11.6 Å². The van der Waals surface area contributed by atoms with Gasteiger partial charge in [0.05, 0.1) is 11.7 Å². The van der Waals surface area contributed by atoms with Gasteiger partial charge in [0, 0.05) is 37.8 Å². The van der Waals surface area contributed by atoms with Gasteiger partial charge < -0.3 is 15.2 Å². The third-order valence-electron chi connectivity index (χ3n) is 8.11. The van der Waals surface area contributed by atoms with E-state index >= 15 is 0 Å². The van der Waals surface area contributed by atoms with Gasteiger partial charge in [0.2, 0.25) is 5.95 Å². The van der Waals surface area contributed by atoms with Crippen LogP contribution in [-0.2, 0) is 13.0 Å². The average Bonchev–Trinajstić information content (AvgIpc) is 3.67. The number of fused-ring (bicyclic) bond motifs is 4. The smallest absolute Gasteiger partial charge is 0.316 e. The van der Waals surface area contributed by atoms with E-state index in [2.05, 4.69) is 35.5 Å². The molecular weight excluding hydrogens is 531 g/mol. The van der Waals surface area contributed by atoms with Crippen LogP contribution in [-0.4, -0.2) is 61.8 Å². The van der Waals surface area contributed by atoms with Crippen LogP contribution in [0.3, 0.4) is 0 Å². The van der Waals surface area contributed by atoms with Crippen molar-refractivity contribution in [2.75, 3.05) is 31.5 Å². The Hall–Kier alpha value is -3.71. The minimum absolute atomic E-state index is 0.0163. The summed E-state index contributed by atoms with van der Waals surface area (Å²) in [7, 11) is 0. The number of benzene rings is 1. The molecule has 13 heteroatoms. The van der Waals surface area contributed by atoms with E-state index in [-0.39, 0.29) is 46.9 Å². The number of nitrogens with zero attached hydrogens (tertiary/aromatic N) is 6.